The van der Waals surface area contributed by atoms with Crippen LogP contribution in [0.3, 0.4) is 0 Å². The molecule has 0 bridgehead atoms. The fourth-order valence-electron chi connectivity index (χ4n) is 17.7. The van der Waals surface area contributed by atoms with Gasteiger partial charge in [0.25, 0.3) is 0 Å². The van der Waals surface area contributed by atoms with Crippen LogP contribution in [0.2, 0.25) is 0 Å². The first-order chi connectivity index (χ1) is 30.0. The van der Waals surface area contributed by atoms with Crippen molar-refractivity contribution < 1.29 is 0 Å². The van der Waals surface area contributed by atoms with Crippen molar-refractivity contribution in [3.8, 4) is 0 Å². The van der Waals surface area contributed by atoms with Crippen LogP contribution in [0.5, 0.6) is 0 Å². The summed E-state index contributed by atoms with van der Waals surface area (Å²) >= 11 is 0. The molecule has 61 heavy (non-hydrogen) atoms. The summed E-state index contributed by atoms with van der Waals surface area (Å²) in [6.07, 6.45) is 58.3. The maximum Gasteiger partial charge on any atom is 0.0104 e. The van der Waals surface area contributed by atoms with Gasteiger partial charge in [0.2, 0.25) is 0 Å². The normalized spacial score (nSPS) is 41.2. The minimum absolute atomic E-state index is 0.847. The van der Waals surface area contributed by atoms with Crippen molar-refractivity contribution in [2.45, 2.75) is 344 Å². The molecular formula is C57H102N4. The van der Waals surface area contributed by atoms with Crippen LogP contribution in [0.15, 0.2) is 0 Å². The summed E-state index contributed by atoms with van der Waals surface area (Å²) in [5.41, 5.74) is 0. The van der Waals surface area contributed by atoms with E-state index in [0.29, 0.717) is 0 Å². The highest BCUT2D eigenvalue weighted by atomic mass is 15.3. The first-order valence-corrected chi connectivity index (χ1v) is 29.1. The molecule has 0 spiro atoms. The molecule has 6 unspecified atom stereocenters. The van der Waals surface area contributed by atoms with E-state index in [1.165, 1.54) is 250 Å². The summed E-state index contributed by atoms with van der Waals surface area (Å²) < 4.78 is 0. The van der Waals surface area contributed by atoms with E-state index < -0.39 is 0 Å². The van der Waals surface area contributed by atoms with E-state index >= 15 is 0 Å². The Balaban J connectivity index is 0.911. The molecule has 0 aromatic carbocycles. The summed E-state index contributed by atoms with van der Waals surface area (Å²) in [5, 5.41) is 0. The molecule has 6 atom stereocenters. The van der Waals surface area contributed by atoms with Crippen LogP contribution in [-0.4, -0.2) is 92.1 Å². The van der Waals surface area contributed by atoms with Crippen molar-refractivity contribution in [2.75, 3.05) is 0 Å². The standard InChI is InChI=1S/C57H102N4/c1-43-16-13-25-55(40-43)59(46-19-7-4-8-20-46)52-34-28-49(29-35-52)58(50-30-36-53(37-31-50)60(47-21-9-5-10-22-47)56-26-14-17-44(2)41-56)51-32-38-54(39-33-51)61(48-23-11-6-12-24-48)57-27-15-18-45(3)42-57/h43-57H,4-42H2,1-3H3. The van der Waals surface area contributed by atoms with Crippen molar-refractivity contribution in [3.63, 3.8) is 0 Å². The van der Waals surface area contributed by atoms with E-state index in [9.17, 15) is 0 Å². The maximum absolute atomic E-state index is 3.39. The molecule has 9 aliphatic carbocycles. The zero-order valence-electron chi connectivity index (χ0n) is 41.0. The largest absolute Gasteiger partial charge is 0.294 e. The van der Waals surface area contributed by atoms with E-state index in [1.807, 2.05) is 0 Å². The van der Waals surface area contributed by atoms with Crippen LogP contribution < -0.4 is 0 Å². The average Bonchev–Trinajstić information content (AvgIpc) is 3.30. The summed E-state index contributed by atoms with van der Waals surface area (Å²) in [7, 11) is 0. The van der Waals surface area contributed by atoms with Gasteiger partial charge in [-0.15, -0.1) is 0 Å². The summed E-state index contributed by atoms with van der Waals surface area (Å²) in [6, 6.07) is 10.5. The molecule has 9 saturated carbocycles. The lowest BCUT2D eigenvalue weighted by atomic mass is 9.77. The van der Waals surface area contributed by atoms with Gasteiger partial charge in [-0.1, -0.05) is 117 Å². The second kappa shape index (κ2) is 22.6. The smallest absolute Gasteiger partial charge is 0.0104 e. The van der Waals surface area contributed by atoms with E-state index in [2.05, 4.69) is 40.4 Å². The Labute approximate surface area is 379 Å². The number of rotatable bonds is 12. The average molecular weight is 843 g/mol. The molecule has 0 heterocycles. The van der Waals surface area contributed by atoms with Gasteiger partial charge in [-0.05, 0) is 172 Å². The predicted octanol–water partition coefficient (Wildman–Crippen LogP) is 14.9. The second-order valence-electron chi connectivity index (χ2n) is 24.8. The Bertz CT molecular complexity index is 1090. The molecule has 0 aromatic rings. The van der Waals surface area contributed by atoms with Crippen molar-refractivity contribution in [3.05, 3.63) is 0 Å². The lowest BCUT2D eigenvalue weighted by Crippen LogP contribution is -2.59. The van der Waals surface area contributed by atoms with Gasteiger partial charge in [0.05, 0.1) is 0 Å². The van der Waals surface area contributed by atoms with Crippen LogP contribution in [0, 0.1) is 17.8 Å². The van der Waals surface area contributed by atoms with E-state index in [-0.39, 0.29) is 0 Å². The Morgan fingerprint density at radius 1 is 0.180 bits per heavy atom. The summed E-state index contributed by atoms with van der Waals surface area (Å²) in [6.45, 7) is 7.74. The molecule has 4 heteroatoms. The van der Waals surface area contributed by atoms with Crippen LogP contribution >= 0.6 is 0 Å². The fraction of sp³-hybridized carbons (Fsp3) is 1.00. The minimum Gasteiger partial charge on any atom is -0.294 e. The van der Waals surface area contributed by atoms with Gasteiger partial charge in [0.15, 0.2) is 0 Å². The van der Waals surface area contributed by atoms with Crippen molar-refractivity contribution in [2.24, 2.45) is 17.8 Å². The molecule has 4 nitrogen and oxygen atoms in total. The Hall–Kier alpha value is -0.160. The third-order valence-electron chi connectivity index (χ3n) is 20.5. The van der Waals surface area contributed by atoms with Gasteiger partial charge >= 0.3 is 0 Å². The molecule has 350 valence electrons. The SMILES string of the molecule is CC1CCCC(N(C2CCCCC2)C2CCC(N(C3CCC(N(C4CCCCC4)C4CCCC(C)C4)CC3)C3CCC(N(C4CCCCC4)C4CCCC(C)C4)CC3)CC2)C1. The number of hydrogen-bond donors (Lipinski definition) is 0. The minimum atomic E-state index is 0.847. The first-order valence-electron chi connectivity index (χ1n) is 29.1. The molecule has 9 rings (SSSR count). The Morgan fingerprint density at radius 2 is 0.361 bits per heavy atom. The molecule has 0 aliphatic heterocycles. The van der Waals surface area contributed by atoms with Gasteiger partial charge in [0, 0.05) is 72.5 Å². The maximum atomic E-state index is 3.39. The molecule has 9 fully saturated rings. The number of hydrogen-bond acceptors (Lipinski definition) is 4. The zero-order valence-corrected chi connectivity index (χ0v) is 41.0. The van der Waals surface area contributed by atoms with E-state index in [4.69, 9.17) is 0 Å². The molecule has 0 radical (unpaired) electrons. The number of nitrogens with zero attached hydrogens (tertiary/aromatic N) is 4. The molecule has 0 aromatic heterocycles. The second-order valence-corrected chi connectivity index (χ2v) is 24.8. The molecule has 0 saturated heterocycles. The Morgan fingerprint density at radius 3 is 0.574 bits per heavy atom. The van der Waals surface area contributed by atoms with Crippen molar-refractivity contribution >= 4 is 0 Å². The first kappa shape index (κ1) is 46.0. The monoisotopic (exact) mass is 843 g/mol. The lowest BCUT2D eigenvalue weighted by molar-refractivity contribution is -0.0464. The highest BCUT2D eigenvalue weighted by Crippen LogP contribution is 2.45. The molecule has 9 aliphatic rings. The highest BCUT2D eigenvalue weighted by molar-refractivity contribution is 5.01. The summed E-state index contributed by atoms with van der Waals surface area (Å²) in [4.78, 5) is 13.2. The highest BCUT2D eigenvalue weighted by Gasteiger charge is 2.45. The van der Waals surface area contributed by atoms with Crippen molar-refractivity contribution in [1.82, 2.24) is 19.6 Å². The van der Waals surface area contributed by atoms with Crippen LogP contribution in [0.25, 0.3) is 0 Å². The Kier molecular flexibility index (Phi) is 17.0. The van der Waals surface area contributed by atoms with Gasteiger partial charge in [0.1, 0.15) is 0 Å². The molecule has 0 N–H and O–H groups in total. The van der Waals surface area contributed by atoms with E-state index in [0.717, 1.165) is 90.3 Å². The molecular weight excluding hydrogens is 741 g/mol. The zero-order chi connectivity index (χ0) is 41.5. The van der Waals surface area contributed by atoms with Crippen LogP contribution in [-0.2, 0) is 0 Å². The van der Waals surface area contributed by atoms with Gasteiger partial charge in [-0.25, -0.2) is 0 Å². The topological polar surface area (TPSA) is 13.0 Å². The van der Waals surface area contributed by atoms with Gasteiger partial charge in [-0.2, -0.15) is 0 Å². The van der Waals surface area contributed by atoms with E-state index in [1.54, 1.807) is 0 Å². The molecule has 0 amide bonds. The third kappa shape index (κ3) is 11.5. The lowest BCUT2D eigenvalue weighted by Gasteiger charge is -2.55. The van der Waals surface area contributed by atoms with Gasteiger partial charge < -0.3 is 0 Å². The van der Waals surface area contributed by atoms with Crippen LogP contribution in [0.4, 0.5) is 0 Å². The fourth-order valence-corrected chi connectivity index (χ4v) is 17.7. The van der Waals surface area contributed by atoms with Crippen molar-refractivity contribution in [1.29, 1.82) is 0 Å². The van der Waals surface area contributed by atoms with Crippen LogP contribution in [0.1, 0.15) is 271 Å². The summed E-state index contributed by atoms with van der Waals surface area (Å²) in [5.74, 6) is 2.81. The predicted molar refractivity (Wildman–Crippen MR) is 260 cm³/mol. The third-order valence-corrected chi connectivity index (χ3v) is 20.5. The quantitative estimate of drug-likeness (QED) is 0.194. The van der Waals surface area contributed by atoms with Gasteiger partial charge in [-0.3, -0.25) is 19.6 Å².